The molecule has 0 saturated heterocycles. The number of amides is 2. The molecule has 4 rings (SSSR count). The molecule has 0 bridgehead atoms. The fourth-order valence-corrected chi connectivity index (χ4v) is 4.51. The summed E-state index contributed by atoms with van der Waals surface area (Å²) in [6.07, 6.45) is 2.70. The second-order valence-electron chi connectivity index (χ2n) is 9.36. The molecular formula is C31H35N3O4. The highest BCUT2D eigenvalue weighted by Crippen LogP contribution is 2.20. The first-order valence-electron chi connectivity index (χ1n) is 12.8. The van der Waals surface area contributed by atoms with Crippen LogP contribution in [0.15, 0.2) is 79.0 Å². The van der Waals surface area contributed by atoms with Crippen LogP contribution in [-0.4, -0.2) is 67.1 Å². The molecule has 0 spiro atoms. The Morgan fingerprint density at radius 3 is 2.42 bits per heavy atom. The van der Waals surface area contributed by atoms with Gasteiger partial charge >= 0.3 is 0 Å². The van der Waals surface area contributed by atoms with Crippen LogP contribution in [0, 0.1) is 6.92 Å². The number of aromatic nitrogens is 1. The number of hydrogen-bond acceptors (Lipinski definition) is 4. The van der Waals surface area contributed by atoms with Gasteiger partial charge in [-0.25, -0.2) is 0 Å². The number of methoxy groups -OCH3 is 2. The van der Waals surface area contributed by atoms with Gasteiger partial charge in [0.25, 0.3) is 5.91 Å². The number of benzene rings is 3. The minimum Gasteiger partial charge on any atom is -0.497 e. The first-order chi connectivity index (χ1) is 18.5. The molecule has 7 heteroatoms. The standard InChI is InChI=1S/C31H35N3O4/c1-23-7-6-8-25(19-23)31(36)34(17-18-37-2)22-30(35)33(21-24-11-13-27(38-3)14-12-24)16-15-26-20-32-29-10-5-4-9-28(26)29/h4-14,19-20,32H,15-18,21-22H2,1-3H3. The molecule has 0 aliphatic heterocycles. The second-order valence-corrected chi connectivity index (χ2v) is 9.36. The minimum absolute atomic E-state index is 0.0276. The highest BCUT2D eigenvalue weighted by atomic mass is 16.5. The fraction of sp³-hybridized carbons (Fsp3) is 0.290. The zero-order valence-electron chi connectivity index (χ0n) is 22.3. The topological polar surface area (TPSA) is 74.9 Å². The highest BCUT2D eigenvalue weighted by Gasteiger charge is 2.23. The van der Waals surface area contributed by atoms with E-state index in [9.17, 15) is 9.59 Å². The second kappa shape index (κ2) is 12.9. The predicted octanol–water partition coefficient (Wildman–Crippen LogP) is 4.85. The third-order valence-corrected chi connectivity index (χ3v) is 6.65. The Labute approximate surface area is 224 Å². The van der Waals surface area contributed by atoms with Crippen molar-refractivity contribution >= 4 is 22.7 Å². The largest absolute Gasteiger partial charge is 0.497 e. The molecule has 0 radical (unpaired) electrons. The summed E-state index contributed by atoms with van der Waals surface area (Å²) in [5, 5.41) is 1.15. The molecule has 1 N–H and O–H groups in total. The van der Waals surface area contributed by atoms with Gasteiger partial charge in [-0.05, 0) is 54.8 Å². The Kier molecular flexibility index (Phi) is 9.16. The van der Waals surface area contributed by atoms with Crippen LogP contribution in [0.5, 0.6) is 5.75 Å². The van der Waals surface area contributed by atoms with Gasteiger partial charge in [-0.15, -0.1) is 0 Å². The summed E-state index contributed by atoms with van der Waals surface area (Å²) in [6, 6.07) is 23.3. The Hall–Kier alpha value is -4.10. The molecule has 3 aromatic carbocycles. The maximum Gasteiger partial charge on any atom is 0.254 e. The van der Waals surface area contributed by atoms with E-state index in [1.807, 2.05) is 78.7 Å². The molecule has 0 atom stereocenters. The molecule has 7 nitrogen and oxygen atoms in total. The lowest BCUT2D eigenvalue weighted by Crippen LogP contribution is -2.44. The highest BCUT2D eigenvalue weighted by molar-refractivity contribution is 5.96. The number of carbonyl (C=O) groups is 2. The van der Waals surface area contributed by atoms with Crippen molar-refractivity contribution < 1.29 is 19.1 Å². The first kappa shape index (κ1) is 26.9. The SMILES string of the molecule is COCCN(CC(=O)N(CCc1c[nH]c2ccccc12)Cc1ccc(OC)cc1)C(=O)c1cccc(C)c1. The number of rotatable bonds is 12. The molecule has 38 heavy (non-hydrogen) atoms. The average Bonchev–Trinajstić information content (AvgIpc) is 3.36. The summed E-state index contributed by atoms with van der Waals surface area (Å²) in [6.45, 7) is 3.54. The average molecular weight is 514 g/mol. The van der Waals surface area contributed by atoms with Crippen molar-refractivity contribution in [2.45, 2.75) is 19.9 Å². The van der Waals surface area contributed by atoms with Gasteiger partial charge in [0, 0.05) is 49.4 Å². The van der Waals surface area contributed by atoms with Crippen LogP contribution >= 0.6 is 0 Å². The van der Waals surface area contributed by atoms with Crippen molar-refractivity contribution in [3.05, 3.63) is 101 Å². The van der Waals surface area contributed by atoms with Crippen LogP contribution < -0.4 is 4.74 Å². The Balaban J connectivity index is 1.54. The van der Waals surface area contributed by atoms with E-state index >= 15 is 0 Å². The number of ether oxygens (including phenoxy) is 2. The molecule has 0 aliphatic rings. The number of para-hydroxylation sites is 1. The van der Waals surface area contributed by atoms with Gasteiger partial charge in [-0.2, -0.15) is 0 Å². The van der Waals surface area contributed by atoms with Crippen molar-refractivity contribution in [1.82, 2.24) is 14.8 Å². The number of carbonyl (C=O) groups excluding carboxylic acids is 2. The van der Waals surface area contributed by atoms with E-state index in [2.05, 4.69) is 11.1 Å². The molecule has 0 unspecified atom stereocenters. The van der Waals surface area contributed by atoms with Gasteiger partial charge in [0.1, 0.15) is 12.3 Å². The third-order valence-electron chi connectivity index (χ3n) is 6.65. The van der Waals surface area contributed by atoms with Gasteiger partial charge < -0.3 is 24.3 Å². The van der Waals surface area contributed by atoms with E-state index in [0.29, 0.717) is 38.2 Å². The Bertz CT molecular complexity index is 1360. The Morgan fingerprint density at radius 1 is 0.895 bits per heavy atom. The van der Waals surface area contributed by atoms with Crippen LogP contribution in [0.25, 0.3) is 10.9 Å². The molecule has 4 aromatic rings. The van der Waals surface area contributed by atoms with Gasteiger partial charge in [0.2, 0.25) is 5.91 Å². The van der Waals surface area contributed by atoms with E-state index in [1.54, 1.807) is 25.2 Å². The van der Waals surface area contributed by atoms with Gasteiger partial charge in [-0.1, -0.05) is 48.0 Å². The van der Waals surface area contributed by atoms with E-state index in [0.717, 1.165) is 33.3 Å². The third kappa shape index (κ3) is 6.81. The Morgan fingerprint density at radius 2 is 1.68 bits per heavy atom. The normalized spacial score (nSPS) is 10.9. The zero-order valence-corrected chi connectivity index (χ0v) is 22.3. The first-order valence-corrected chi connectivity index (χ1v) is 12.8. The zero-order chi connectivity index (χ0) is 26.9. The lowest BCUT2D eigenvalue weighted by Gasteiger charge is -2.28. The number of aryl methyl sites for hydroxylation is 1. The van der Waals surface area contributed by atoms with Crippen LogP contribution in [0.1, 0.15) is 27.0 Å². The monoisotopic (exact) mass is 513 g/mol. The van der Waals surface area contributed by atoms with E-state index in [4.69, 9.17) is 9.47 Å². The molecule has 0 aliphatic carbocycles. The predicted molar refractivity (Wildman–Crippen MR) is 149 cm³/mol. The molecule has 0 saturated carbocycles. The van der Waals surface area contributed by atoms with Crippen molar-refractivity contribution in [2.24, 2.45) is 0 Å². The smallest absolute Gasteiger partial charge is 0.254 e. The number of hydrogen-bond donors (Lipinski definition) is 1. The van der Waals surface area contributed by atoms with Crippen LogP contribution in [0.2, 0.25) is 0 Å². The van der Waals surface area contributed by atoms with E-state index in [1.165, 1.54) is 0 Å². The number of fused-ring (bicyclic) bond motifs is 1. The fourth-order valence-electron chi connectivity index (χ4n) is 4.51. The molecular weight excluding hydrogens is 478 g/mol. The summed E-state index contributed by atoms with van der Waals surface area (Å²) < 4.78 is 10.5. The van der Waals surface area contributed by atoms with Gasteiger partial charge in [-0.3, -0.25) is 9.59 Å². The number of nitrogens with zero attached hydrogens (tertiary/aromatic N) is 2. The number of H-pyrrole nitrogens is 1. The number of nitrogens with one attached hydrogen (secondary N) is 1. The van der Waals surface area contributed by atoms with E-state index < -0.39 is 0 Å². The molecule has 198 valence electrons. The van der Waals surface area contributed by atoms with Crippen LogP contribution in [-0.2, 0) is 22.5 Å². The van der Waals surface area contributed by atoms with Crippen LogP contribution in [0.3, 0.4) is 0 Å². The minimum atomic E-state index is -0.180. The van der Waals surface area contributed by atoms with Crippen molar-refractivity contribution in [2.75, 3.05) is 40.5 Å². The molecule has 1 aromatic heterocycles. The molecule has 0 fully saturated rings. The van der Waals surface area contributed by atoms with Crippen molar-refractivity contribution in [3.8, 4) is 5.75 Å². The molecule has 2 amide bonds. The maximum atomic E-state index is 13.7. The lowest BCUT2D eigenvalue weighted by molar-refractivity contribution is -0.132. The van der Waals surface area contributed by atoms with Crippen molar-refractivity contribution in [3.63, 3.8) is 0 Å². The summed E-state index contributed by atoms with van der Waals surface area (Å²) in [5.41, 5.74) is 4.78. The summed E-state index contributed by atoms with van der Waals surface area (Å²) in [5.74, 6) is 0.470. The van der Waals surface area contributed by atoms with E-state index in [-0.39, 0.29) is 18.4 Å². The lowest BCUT2D eigenvalue weighted by atomic mass is 10.1. The molecule has 1 heterocycles. The quantitative estimate of drug-likeness (QED) is 0.294. The maximum absolute atomic E-state index is 13.7. The summed E-state index contributed by atoms with van der Waals surface area (Å²) >= 11 is 0. The van der Waals surface area contributed by atoms with Crippen molar-refractivity contribution in [1.29, 1.82) is 0 Å². The summed E-state index contributed by atoms with van der Waals surface area (Å²) in [7, 11) is 3.22. The summed E-state index contributed by atoms with van der Waals surface area (Å²) in [4.78, 5) is 33.8. The van der Waals surface area contributed by atoms with Crippen LogP contribution in [0.4, 0.5) is 0 Å². The van der Waals surface area contributed by atoms with Gasteiger partial charge in [0.15, 0.2) is 0 Å². The van der Waals surface area contributed by atoms with Gasteiger partial charge in [0.05, 0.1) is 13.7 Å². The number of aromatic amines is 1.